The van der Waals surface area contributed by atoms with Gasteiger partial charge in [-0.3, -0.25) is 10.1 Å². The van der Waals surface area contributed by atoms with E-state index in [9.17, 15) is 38.0 Å². The molecule has 0 amide bonds. The van der Waals surface area contributed by atoms with Gasteiger partial charge in [-0.1, -0.05) is 18.5 Å². The van der Waals surface area contributed by atoms with Gasteiger partial charge in [0, 0.05) is 12.0 Å². The van der Waals surface area contributed by atoms with E-state index in [1.54, 1.807) is 0 Å². The monoisotopic (exact) mass is 461 g/mol. The van der Waals surface area contributed by atoms with E-state index in [-0.39, 0.29) is 29.4 Å². The summed E-state index contributed by atoms with van der Waals surface area (Å²) in [6.45, 7) is 2.78. The molecule has 0 bridgehead atoms. The van der Waals surface area contributed by atoms with Gasteiger partial charge < -0.3 is 19.4 Å². The molecule has 12 heteroatoms. The number of benzene rings is 2. The van der Waals surface area contributed by atoms with Gasteiger partial charge in [0.15, 0.2) is 11.5 Å². The molecular formula is C19H15ClF3NO7. The fourth-order valence-electron chi connectivity index (χ4n) is 2.75. The minimum atomic E-state index is -4.66. The molecule has 0 aromatic heterocycles. The first-order valence-electron chi connectivity index (χ1n) is 8.63. The molecule has 1 N–H and O–H groups in total. The number of alkyl halides is 3. The average molecular weight is 462 g/mol. The molecule has 1 atom stereocenters. The summed E-state index contributed by atoms with van der Waals surface area (Å²) in [5.74, 6) is -3.79. The van der Waals surface area contributed by atoms with Crippen molar-refractivity contribution in [3.05, 3.63) is 56.1 Å². The molecule has 0 saturated heterocycles. The number of rotatable bonds is 8. The predicted molar refractivity (Wildman–Crippen MR) is 102 cm³/mol. The van der Waals surface area contributed by atoms with Gasteiger partial charge in [-0.25, -0.2) is 4.79 Å². The number of aromatic carboxylic acids is 1. The maximum absolute atomic E-state index is 12.9. The molecule has 1 unspecified atom stereocenters. The molecule has 0 heterocycles. The van der Waals surface area contributed by atoms with E-state index in [2.05, 4.69) is 0 Å². The first kappa shape index (κ1) is 23.9. The highest BCUT2D eigenvalue weighted by atomic mass is 35.5. The van der Waals surface area contributed by atoms with Crippen LogP contribution in [0.15, 0.2) is 24.3 Å². The number of carbonyl (C=O) groups excluding carboxylic acids is 1. The Hall–Kier alpha value is -3.34. The summed E-state index contributed by atoms with van der Waals surface area (Å²) >= 11 is 5.88. The smallest absolute Gasteiger partial charge is 0.416 e. The number of aldehydes is 1. The Labute approximate surface area is 178 Å². The van der Waals surface area contributed by atoms with Crippen LogP contribution in [-0.4, -0.2) is 28.9 Å². The van der Waals surface area contributed by atoms with Gasteiger partial charge in [0.2, 0.25) is 0 Å². The molecular weight excluding hydrogens is 447 g/mol. The van der Waals surface area contributed by atoms with Crippen LogP contribution >= 0.6 is 11.6 Å². The minimum absolute atomic E-state index is 0.0424. The first-order chi connectivity index (χ1) is 14.4. The van der Waals surface area contributed by atoms with Gasteiger partial charge in [-0.05, 0) is 25.1 Å². The highest BCUT2D eigenvalue weighted by Crippen LogP contribution is 2.46. The second-order valence-corrected chi connectivity index (χ2v) is 6.59. The van der Waals surface area contributed by atoms with E-state index in [1.165, 1.54) is 13.8 Å². The molecule has 0 fully saturated rings. The van der Waals surface area contributed by atoms with Crippen LogP contribution in [0.5, 0.6) is 17.2 Å². The van der Waals surface area contributed by atoms with Crippen molar-refractivity contribution in [1.29, 1.82) is 0 Å². The topological polar surface area (TPSA) is 116 Å². The van der Waals surface area contributed by atoms with Crippen LogP contribution in [-0.2, 0) is 11.0 Å². The van der Waals surface area contributed by atoms with E-state index in [0.717, 1.165) is 12.1 Å². The Morgan fingerprint density at radius 2 is 1.97 bits per heavy atom. The predicted octanol–water partition coefficient (Wildman–Crippen LogP) is 5.46. The third-order valence-electron chi connectivity index (χ3n) is 4.09. The number of carbonyl (C=O) groups is 2. The largest absolute Gasteiger partial charge is 0.489 e. The summed E-state index contributed by atoms with van der Waals surface area (Å²) in [4.78, 5) is 33.6. The zero-order chi connectivity index (χ0) is 23.5. The summed E-state index contributed by atoms with van der Waals surface area (Å²) in [5, 5.41) is 20.6. The van der Waals surface area contributed by atoms with Gasteiger partial charge in [-0.2, -0.15) is 13.2 Å². The van der Waals surface area contributed by atoms with Crippen molar-refractivity contribution < 1.29 is 42.3 Å². The molecule has 2 aromatic rings. The van der Waals surface area contributed by atoms with E-state index in [0.29, 0.717) is 18.4 Å². The molecule has 0 radical (unpaired) electrons. The minimum Gasteiger partial charge on any atom is -0.489 e. The first-order valence-corrected chi connectivity index (χ1v) is 9.01. The van der Waals surface area contributed by atoms with Gasteiger partial charge >= 0.3 is 12.1 Å². The lowest BCUT2D eigenvalue weighted by atomic mass is 9.95. The van der Waals surface area contributed by atoms with Crippen molar-refractivity contribution in [3.8, 4) is 17.2 Å². The second kappa shape index (κ2) is 9.21. The fraction of sp³-hybridized carbons (Fsp3) is 0.263. The molecule has 8 nitrogen and oxygen atoms in total. The van der Waals surface area contributed by atoms with E-state index in [1.807, 2.05) is 0 Å². The maximum atomic E-state index is 12.9. The van der Waals surface area contributed by atoms with E-state index >= 15 is 0 Å². The Balaban J connectivity index is 2.77. The SMILES string of the molecule is CCOc1c(Oc2ccc(C(F)(F)F)cc2Cl)cc(C(=O)O)c([N+](=O)[O-])c1C(C)C=O. The number of halogens is 4. The molecule has 2 rings (SSSR count). The fourth-order valence-corrected chi connectivity index (χ4v) is 2.97. The molecule has 0 aliphatic rings. The number of nitrogens with zero attached hydrogens (tertiary/aromatic N) is 1. The Morgan fingerprint density at radius 3 is 2.42 bits per heavy atom. The summed E-state index contributed by atoms with van der Waals surface area (Å²) in [5.41, 5.74) is -3.04. The Bertz CT molecular complexity index is 1040. The quantitative estimate of drug-likeness (QED) is 0.315. The zero-order valence-electron chi connectivity index (χ0n) is 16.0. The standard InChI is InChI=1S/C19H15ClF3NO7/c1-3-30-17-14(31-13-5-4-10(6-12(13)20)19(21,22)23)7-11(18(26)27)16(24(28)29)15(17)9(2)8-25/h4-9H,3H2,1-2H3,(H,26,27). The van der Waals surface area contributed by atoms with Crippen molar-refractivity contribution in [2.75, 3.05) is 6.61 Å². The van der Waals surface area contributed by atoms with Crippen molar-refractivity contribution in [2.24, 2.45) is 0 Å². The van der Waals surface area contributed by atoms with Gasteiger partial charge in [0.25, 0.3) is 5.69 Å². The van der Waals surface area contributed by atoms with Crippen LogP contribution in [0, 0.1) is 10.1 Å². The summed E-state index contributed by atoms with van der Waals surface area (Å²) in [6, 6.07) is 3.00. The van der Waals surface area contributed by atoms with Gasteiger partial charge in [0.05, 0.1) is 27.7 Å². The lowest BCUT2D eigenvalue weighted by Crippen LogP contribution is -2.12. The summed E-state index contributed by atoms with van der Waals surface area (Å²) in [6.07, 6.45) is -4.31. The Morgan fingerprint density at radius 1 is 1.32 bits per heavy atom. The van der Waals surface area contributed by atoms with Crippen LogP contribution in [0.25, 0.3) is 0 Å². The highest BCUT2D eigenvalue weighted by molar-refractivity contribution is 6.32. The van der Waals surface area contributed by atoms with Crippen LogP contribution in [0.2, 0.25) is 5.02 Å². The maximum Gasteiger partial charge on any atom is 0.416 e. The number of ether oxygens (including phenoxy) is 2. The lowest BCUT2D eigenvalue weighted by Gasteiger charge is -2.19. The molecule has 166 valence electrons. The number of hydrogen-bond donors (Lipinski definition) is 1. The molecule has 0 saturated carbocycles. The van der Waals surface area contributed by atoms with E-state index in [4.69, 9.17) is 21.1 Å². The van der Waals surface area contributed by atoms with E-state index < -0.39 is 44.8 Å². The number of carboxylic acids is 1. The van der Waals surface area contributed by atoms with Crippen molar-refractivity contribution >= 4 is 29.5 Å². The third kappa shape index (κ3) is 5.05. The number of hydrogen-bond acceptors (Lipinski definition) is 6. The number of nitro benzene ring substituents is 1. The number of nitro groups is 1. The van der Waals surface area contributed by atoms with Crippen LogP contribution in [0.1, 0.15) is 41.3 Å². The normalized spacial score (nSPS) is 12.2. The highest BCUT2D eigenvalue weighted by Gasteiger charge is 2.35. The van der Waals surface area contributed by atoms with Crippen molar-refractivity contribution in [3.63, 3.8) is 0 Å². The molecule has 0 spiro atoms. The molecule has 0 aliphatic heterocycles. The Kier molecular flexibility index (Phi) is 7.11. The van der Waals surface area contributed by atoms with Gasteiger partial charge in [0.1, 0.15) is 17.6 Å². The lowest BCUT2D eigenvalue weighted by molar-refractivity contribution is -0.386. The average Bonchev–Trinajstić information content (AvgIpc) is 2.68. The van der Waals surface area contributed by atoms with Crippen LogP contribution in [0.3, 0.4) is 0 Å². The second-order valence-electron chi connectivity index (χ2n) is 6.18. The van der Waals surface area contributed by atoms with Crippen LogP contribution in [0.4, 0.5) is 18.9 Å². The molecule has 0 aliphatic carbocycles. The molecule has 31 heavy (non-hydrogen) atoms. The van der Waals surface area contributed by atoms with Crippen molar-refractivity contribution in [1.82, 2.24) is 0 Å². The summed E-state index contributed by atoms with van der Waals surface area (Å²) in [7, 11) is 0. The van der Waals surface area contributed by atoms with Gasteiger partial charge in [-0.15, -0.1) is 0 Å². The number of carboxylic acid groups (broad SMARTS) is 1. The molecule has 2 aromatic carbocycles. The zero-order valence-corrected chi connectivity index (χ0v) is 16.8. The third-order valence-corrected chi connectivity index (χ3v) is 4.39. The summed E-state index contributed by atoms with van der Waals surface area (Å²) < 4.78 is 49.5. The van der Waals surface area contributed by atoms with Crippen LogP contribution < -0.4 is 9.47 Å². The van der Waals surface area contributed by atoms with Crippen molar-refractivity contribution in [2.45, 2.75) is 25.9 Å².